The Bertz CT molecular complexity index is 1530. The lowest BCUT2D eigenvalue weighted by Crippen LogP contribution is -2.50. The molecule has 3 aliphatic heterocycles. The van der Waals surface area contributed by atoms with Gasteiger partial charge >= 0.3 is 6.36 Å². The number of amides is 2. The smallest absolute Gasteiger partial charge is 0.406 e. The topological polar surface area (TPSA) is 118 Å². The van der Waals surface area contributed by atoms with Crippen molar-refractivity contribution in [2.45, 2.75) is 31.7 Å². The molecule has 0 aromatic heterocycles. The van der Waals surface area contributed by atoms with E-state index in [4.69, 9.17) is 4.74 Å². The minimum Gasteiger partial charge on any atom is -0.406 e. The number of halogens is 3. The van der Waals surface area contributed by atoms with Gasteiger partial charge in [-0.05, 0) is 61.2 Å². The average molecular weight is 593 g/mol. The number of hydrogen-bond donors (Lipinski definition) is 1. The molecule has 3 heterocycles. The van der Waals surface area contributed by atoms with Crippen LogP contribution in [0.5, 0.6) is 5.75 Å². The molecule has 3 aliphatic rings. The summed E-state index contributed by atoms with van der Waals surface area (Å²) in [5.74, 6) is -0.908. The first-order valence-electron chi connectivity index (χ1n) is 12.8. The number of benzene rings is 2. The van der Waals surface area contributed by atoms with Crippen molar-refractivity contribution in [3.8, 4) is 5.75 Å². The van der Waals surface area contributed by atoms with Gasteiger partial charge < -0.3 is 19.7 Å². The summed E-state index contributed by atoms with van der Waals surface area (Å²) in [4.78, 5) is 31.1. The number of rotatable bonds is 6. The van der Waals surface area contributed by atoms with Crippen LogP contribution in [0.1, 0.15) is 29.5 Å². The summed E-state index contributed by atoms with van der Waals surface area (Å²) in [5, 5.41) is 3.73. The minimum atomic E-state index is -4.86. The Balaban J connectivity index is 1.25. The van der Waals surface area contributed by atoms with Crippen LogP contribution in [0, 0.1) is 6.92 Å². The summed E-state index contributed by atoms with van der Waals surface area (Å²) in [6, 6.07) is 10.4. The van der Waals surface area contributed by atoms with Crippen LogP contribution in [0.15, 0.2) is 52.9 Å². The fourth-order valence-corrected chi connectivity index (χ4v) is 6.18. The van der Waals surface area contributed by atoms with Crippen molar-refractivity contribution in [1.82, 2.24) is 9.62 Å². The van der Waals surface area contributed by atoms with E-state index >= 15 is 0 Å². The number of carbonyl (C=O) groups excluding carboxylic acids is 2. The van der Waals surface area contributed by atoms with Gasteiger partial charge in [-0.15, -0.1) is 13.2 Å². The molecule has 0 radical (unpaired) electrons. The third-order valence-electron chi connectivity index (χ3n) is 7.20. The molecule has 1 N–H and O–H groups in total. The van der Waals surface area contributed by atoms with Crippen LogP contribution < -0.4 is 15.0 Å². The number of ether oxygens (including phenoxy) is 2. The number of alkyl halides is 3. The lowest BCUT2D eigenvalue weighted by Gasteiger charge is -2.34. The summed E-state index contributed by atoms with van der Waals surface area (Å²) in [7, 11) is -3.82. The summed E-state index contributed by atoms with van der Waals surface area (Å²) < 4.78 is 74.3. The first-order valence-corrected chi connectivity index (χ1v) is 14.3. The molecule has 10 nitrogen and oxygen atoms in total. The molecule has 41 heavy (non-hydrogen) atoms. The van der Waals surface area contributed by atoms with Crippen LogP contribution in [0.2, 0.25) is 0 Å². The lowest BCUT2D eigenvalue weighted by atomic mass is 9.89. The minimum absolute atomic E-state index is 0.0223. The molecule has 0 saturated carbocycles. The maximum atomic E-state index is 13.1. The van der Waals surface area contributed by atoms with Gasteiger partial charge in [0.1, 0.15) is 23.7 Å². The number of morpholine rings is 1. The number of piperidine rings is 1. The number of anilines is 1. The molecular weight excluding hydrogens is 565 g/mol. The lowest BCUT2D eigenvalue weighted by molar-refractivity contribution is -0.274. The highest BCUT2D eigenvalue weighted by Gasteiger charge is 2.47. The SMILES string of the molecule is Cc1cc(N2CCOCC2=O)ccc1/C=C/S(=O)(=O)N1CCC2(CC1)N=C(c1cccc(OC(F)(F)F)c1)NC2=O. The number of nitrogens with zero attached hydrogens (tertiary/aromatic N) is 3. The highest BCUT2D eigenvalue weighted by atomic mass is 32.2. The largest absolute Gasteiger partial charge is 0.573 e. The van der Waals surface area contributed by atoms with Crippen LogP contribution in [-0.2, 0) is 24.3 Å². The van der Waals surface area contributed by atoms with Crippen LogP contribution in [0.4, 0.5) is 18.9 Å². The standard InChI is InChI=1S/C27H27F3N4O6S/c1-18-15-21(34-12-13-39-17-23(34)35)6-5-19(18)7-14-41(37,38)33-10-8-26(9-11-33)25(36)31-24(32-26)20-3-2-4-22(16-20)40-27(28,29)30/h2-7,14-16H,8-13,17H2,1H3,(H,31,32,36)/b14-7+. The van der Waals surface area contributed by atoms with Crippen molar-refractivity contribution in [3.63, 3.8) is 0 Å². The van der Waals surface area contributed by atoms with Crippen molar-refractivity contribution in [2.24, 2.45) is 4.99 Å². The highest BCUT2D eigenvalue weighted by Crippen LogP contribution is 2.33. The van der Waals surface area contributed by atoms with Gasteiger partial charge in [0.15, 0.2) is 0 Å². The molecule has 1 spiro atoms. The quantitative estimate of drug-likeness (QED) is 0.552. The molecule has 0 aliphatic carbocycles. The van der Waals surface area contributed by atoms with Crippen molar-refractivity contribution < 1.29 is 40.7 Å². The van der Waals surface area contributed by atoms with Crippen molar-refractivity contribution in [3.05, 3.63) is 64.6 Å². The Morgan fingerprint density at radius 2 is 1.85 bits per heavy atom. The van der Waals surface area contributed by atoms with Gasteiger partial charge in [0.05, 0.1) is 6.61 Å². The molecule has 2 aromatic carbocycles. The van der Waals surface area contributed by atoms with Gasteiger partial charge in [0.25, 0.3) is 11.8 Å². The third-order valence-corrected chi connectivity index (χ3v) is 8.77. The summed E-state index contributed by atoms with van der Waals surface area (Å²) in [6.45, 7) is 2.80. The maximum absolute atomic E-state index is 13.1. The predicted octanol–water partition coefficient (Wildman–Crippen LogP) is 2.97. The number of aryl methyl sites for hydroxylation is 1. The van der Waals surface area contributed by atoms with Gasteiger partial charge in [-0.1, -0.05) is 18.2 Å². The molecule has 5 rings (SSSR count). The molecule has 14 heteroatoms. The first kappa shape index (κ1) is 28.8. The molecule has 2 fully saturated rings. The van der Waals surface area contributed by atoms with E-state index in [0.717, 1.165) is 23.1 Å². The number of nitrogens with one attached hydrogen (secondary N) is 1. The number of aliphatic imine (C=N–C) groups is 1. The van der Waals surface area contributed by atoms with Gasteiger partial charge in [-0.2, -0.15) is 4.31 Å². The van der Waals surface area contributed by atoms with E-state index in [9.17, 15) is 31.2 Å². The van der Waals surface area contributed by atoms with E-state index in [1.165, 1.54) is 22.5 Å². The first-order chi connectivity index (χ1) is 19.4. The molecule has 0 bridgehead atoms. The molecule has 0 atom stereocenters. The molecule has 2 amide bonds. The Kier molecular flexibility index (Phi) is 7.66. The number of hydrogen-bond acceptors (Lipinski definition) is 7. The van der Waals surface area contributed by atoms with Gasteiger partial charge in [0, 0.05) is 36.3 Å². The van der Waals surface area contributed by atoms with E-state index in [-0.39, 0.29) is 49.8 Å². The molecule has 0 unspecified atom stereocenters. The van der Waals surface area contributed by atoms with Crippen molar-refractivity contribution in [1.29, 1.82) is 0 Å². The monoisotopic (exact) mass is 592 g/mol. The molecule has 2 saturated heterocycles. The van der Waals surface area contributed by atoms with Gasteiger partial charge in [-0.3, -0.25) is 14.6 Å². The zero-order valence-electron chi connectivity index (χ0n) is 22.0. The second kappa shape index (κ2) is 10.9. The van der Waals surface area contributed by atoms with Crippen molar-refractivity contribution in [2.75, 3.05) is 37.7 Å². The third kappa shape index (κ3) is 6.29. The molecular formula is C27H27F3N4O6S. The Morgan fingerprint density at radius 3 is 2.54 bits per heavy atom. The van der Waals surface area contributed by atoms with E-state index in [2.05, 4.69) is 15.0 Å². The van der Waals surface area contributed by atoms with E-state index in [0.29, 0.717) is 24.4 Å². The van der Waals surface area contributed by atoms with Crippen LogP contribution in [0.25, 0.3) is 6.08 Å². The predicted molar refractivity (Wildman–Crippen MR) is 144 cm³/mol. The molecule has 218 valence electrons. The average Bonchev–Trinajstić information content (AvgIpc) is 3.23. The van der Waals surface area contributed by atoms with Crippen LogP contribution in [0.3, 0.4) is 0 Å². The fraction of sp³-hybridized carbons (Fsp3) is 0.370. The summed E-state index contributed by atoms with van der Waals surface area (Å²) >= 11 is 0. The van der Waals surface area contributed by atoms with Crippen molar-refractivity contribution >= 4 is 39.4 Å². The van der Waals surface area contributed by atoms with Crippen LogP contribution in [-0.4, -0.2) is 75.1 Å². The molecule has 2 aromatic rings. The maximum Gasteiger partial charge on any atom is 0.573 e. The summed E-state index contributed by atoms with van der Waals surface area (Å²) in [6.07, 6.45) is -3.15. The normalized spacial score (nSPS) is 20.0. The fourth-order valence-electron chi connectivity index (χ4n) is 4.99. The zero-order chi connectivity index (χ0) is 29.4. The number of sulfonamides is 1. The second-order valence-corrected chi connectivity index (χ2v) is 11.7. The van der Waals surface area contributed by atoms with E-state index < -0.39 is 33.6 Å². The highest BCUT2D eigenvalue weighted by molar-refractivity contribution is 7.92. The van der Waals surface area contributed by atoms with Gasteiger partial charge in [0.2, 0.25) is 10.0 Å². The van der Waals surface area contributed by atoms with Gasteiger partial charge in [-0.25, -0.2) is 8.42 Å². The Hall–Kier alpha value is -3.75. The zero-order valence-corrected chi connectivity index (χ0v) is 22.8. The number of amidine groups is 1. The van der Waals surface area contributed by atoms with E-state index in [1.54, 1.807) is 17.0 Å². The number of carbonyl (C=O) groups is 2. The Morgan fingerprint density at radius 1 is 1.10 bits per heavy atom. The summed E-state index contributed by atoms with van der Waals surface area (Å²) in [5.41, 5.74) is 1.21. The van der Waals surface area contributed by atoms with E-state index in [1.807, 2.05) is 13.0 Å². The van der Waals surface area contributed by atoms with Crippen LogP contribution >= 0.6 is 0 Å². The second-order valence-electron chi connectivity index (χ2n) is 9.91. The Labute approximate surface area is 234 Å².